The van der Waals surface area contributed by atoms with Crippen LogP contribution in [0.2, 0.25) is 0 Å². The minimum Gasteiger partial charge on any atom is -0.460 e. The predicted octanol–water partition coefficient (Wildman–Crippen LogP) is 4.92. The van der Waals surface area contributed by atoms with E-state index in [0.29, 0.717) is 37.6 Å². The van der Waals surface area contributed by atoms with Crippen LogP contribution >= 0.6 is 0 Å². The van der Waals surface area contributed by atoms with Crippen molar-refractivity contribution < 1.29 is 15.2 Å². The number of piperidine rings is 2. The van der Waals surface area contributed by atoms with Crippen LogP contribution in [0.5, 0.6) is 6.01 Å². The summed E-state index contributed by atoms with van der Waals surface area (Å²) >= 11 is 0. The zero-order valence-electron chi connectivity index (χ0n) is 23.9. The van der Waals surface area contributed by atoms with E-state index < -0.39 is 22.2 Å². The molecule has 210 valence electrons. The molecule has 1 aromatic carbocycles. The van der Waals surface area contributed by atoms with E-state index in [1.165, 1.54) is 10.1 Å². The molecule has 2 fully saturated rings. The standard InChI is InChI=1S/C27H44N8O3/c1-24(2)14-19(15-25(3,4)34(24)36)28-21-29-22(33-32-18-12-10-9-11-13-18)31-23(30-21)38-20-16-26(5,6)35(37)27(7,8)17-20/h9-13,19-20,32,36-37H,14-17H2,1-8H3,(H2,28,29,30,31,33). The molecule has 2 aromatic rings. The number of anilines is 3. The monoisotopic (exact) mass is 528 g/mol. The van der Waals surface area contributed by atoms with Crippen LogP contribution in [-0.4, -0.2) is 69.8 Å². The Balaban J connectivity index is 1.58. The molecule has 0 saturated carbocycles. The first-order chi connectivity index (χ1) is 17.6. The van der Waals surface area contributed by atoms with Gasteiger partial charge in [-0.3, -0.25) is 10.9 Å². The molecule has 0 radical (unpaired) electrons. The van der Waals surface area contributed by atoms with E-state index in [9.17, 15) is 10.4 Å². The fraction of sp³-hybridized carbons (Fsp3) is 0.667. The van der Waals surface area contributed by atoms with Crippen LogP contribution in [0, 0.1) is 0 Å². The molecule has 0 aliphatic carbocycles. The van der Waals surface area contributed by atoms with E-state index in [4.69, 9.17) is 4.74 Å². The number of hydrazine groups is 1. The molecule has 0 atom stereocenters. The number of nitrogens with zero attached hydrogens (tertiary/aromatic N) is 5. The third kappa shape index (κ3) is 6.28. The molecule has 0 unspecified atom stereocenters. The summed E-state index contributed by atoms with van der Waals surface area (Å²) in [5.74, 6) is 0.714. The third-order valence-electron chi connectivity index (χ3n) is 7.55. The number of benzene rings is 1. The average Bonchev–Trinajstić information content (AvgIpc) is 2.79. The molecule has 38 heavy (non-hydrogen) atoms. The maximum atomic E-state index is 10.7. The lowest BCUT2D eigenvalue weighted by atomic mass is 9.79. The molecule has 0 bridgehead atoms. The number of ether oxygens (including phenoxy) is 1. The lowest BCUT2D eigenvalue weighted by molar-refractivity contribution is -0.255. The van der Waals surface area contributed by atoms with Crippen molar-refractivity contribution in [3.63, 3.8) is 0 Å². The summed E-state index contributed by atoms with van der Waals surface area (Å²) in [5.41, 5.74) is 5.28. The number of nitrogens with one attached hydrogen (secondary N) is 3. The summed E-state index contributed by atoms with van der Waals surface area (Å²) in [6.45, 7) is 16.1. The summed E-state index contributed by atoms with van der Waals surface area (Å²) < 4.78 is 6.34. The van der Waals surface area contributed by atoms with Crippen LogP contribution in [-0.2, 0) is 0 Å². The van der Waals surface area contributed by atoms with Gasteiger partial charge in [0.2, 0.25) is 11.9 Å². The molecule has 2 aliphatic rings. The van der Waals surface area contributed by atoms with Crippen molar-refractivity contribution in [2.75, 3.05) is 16.2 Å². The van der Waals surface area contributed by atoms with Gasteiger partial charge in [0.1, 0.15) is 6.10 Å². The van der Waals surface area contributed by atoms with Gasteiger partial charge in [0.25, 0.3) is 0 Å². The van der Waals surface area contributed by atoms with Crippen molar-refractivity contribution in [1.82, 2.24) is 25.1 Å². The number of aromatic nitrogens is 3. The number of hydrogen-bond donors (Lipinski definition) is 5. The zero-order valence-corrected chi connectivity index (χ0v) is 23.9. The number of para-hydroxylation sites is 1. The van der Waals surface area contributed by atoms with E-state index in [-0.39, 0.29) is 18.2 Å². The van der Waals surface area contributed by atoms with Gasteiger partial charge in [-0.2, -0.15) is 25.1 Å². The van der Waals surface area contributed by atoms with Gasteiger partial charge in [-0.15, -0.1) is 0 Å². The van der Waals surface area contributed by atoms with Crippen LogP contribution in [0.4, 0.5) is 17.6 Å². The summed E-state index contributed by atoms with van der Waals surface area (Å²) in [7, 11) is 0. The second-order valence-corrected chi connectivity index (χ2v) is 13.2. The highest BCUT2D eigenvalue weighted by Crippen LogP contribution is 2.39. The van der Waals surface area contributed by atoms with Crippen molar-refractivity contribution in [3.8, 4) is 6.01 Å². The Bertz CT molecular complexity index is 1010. The molecule has 3 heterocycles. The Labute approximate surface area is 225 Å². The maximum absolute atomic E-state index is 10.7. The molecule has 11 heteroatoms. The molecule has 2 saturated heterocycles. The number of rotatable bonds is 7. The molecular weight excluding hydrogens is 484 g/mol. The van der Waals surface area contributed by atoms with E-state index in [1.54, 1.807) is 0 Å². The van der Waals surface area contributed by atoms with Gasteiger partial charge < -0.3 is 20.5 Å². The van der Waals surface area contributed by atoms with Gasteiger partial charge in [0.05, 0.1) is 5.69 Å². The number of hydrogen-bond acceptors (Lipinski definition) is 11. The molecule has 5 N–H and O–H groups in total. The van der Waals surface area contributed by atoms with Crippen molar-refractivity contribution >= 4 is 17.6 Å². The van der Waals surface area contributed by atoms with Crippen molar-refractivity contribution in [1.29, 1.82) is 0 Å². The predicted molar refractivity (Wildman–Crippen MR) is 147 cm³/mol. The average molecular weight is 529 g/mol. The molecular formula is C27H44N8O3. The maximum Gasteiger partial charge on any atom is 0.323 e. The van der Waals surface area contributed by atoms with Gasteiger partial charge in [-0.25, -0.2) is 0 Å². The topological polar surface area (TPSA) is 131 Å². The minimum atomic E-state index is -0.466. The summed E-state index contributed by atoms with van der Waals surface area (Å²) in [6.07, 6.45) is 2.45. The fourth-order valence-electron chi connectivity index (χ4n) is 6.15. The largest absolute Gasteiger partial charge is 0.460 e. The minimum absolute atomic E-state index is 0.0316. The zero-order chi connectivity index (χ0) is 27.9. The summed E-state index contributed by atoms with van der Waals surface area (Å²) in [4.78, 5) is 13.8. The Kier molecular flexibility index (Phi) is 7.52. The Morgan fingerprint density at radius 2 is 1.21 bits per heavy atom. The first-order valence-electron chi connectivity index (χ1n) is 13.3. The van der Waals surface area contributed by atoms with E-state index in [2.05, 4.69) is 31.1 Å². The van der Waals surface area contributed by atoms with Gasteiger partial charge in [-0.05, 0) is 80.4 Å². The van der Waals surface area contributed by atoms with Crippen LogP contribution in [0.25, 0.3) is 0 Å². The molecule has 1 aromatic heterocycles. The van der Waals surface area contributed by atoms with Crippen LogP contribution in [0.3, 0.4) is 0 Å². The van der Waals surface area contributed by atoms with E-state index in [0.717, 1.165) is 5.69 Å². The number of hydroxylamine groups is 4. The molecule has 0 amide bonds. The van der Waals surface area contributed by atoms with Crippen LogP contribution in [0.1, 0.15) is 81.1 Å². The second-order valence-electron chi connectivity index (χ2n) is 13.2. The Morgan fingerprint density at radius 3 is 1.76 bits per heavy atom. The normalized spacial score (nSPS) is 23.5. The van der Waals surface area contributed by atoms with Gasteiger partial charge in [0, 0.05) is 41.0 Å². The molecule has 0 spiro atoms. The van der Waals surface area contributed by atoms with E-state index in [1.807, 2.05) is 85.7 Å². The summed E-state index contributed by atoms with van der Waals surface area (Å²) in [6, 6.07) is 9.93. The van der Waals surface area contributed by atoms with E-state index >= 15 is 0 Å². The molecule has 2 aliphatic heterocycles. The summed E-state index contributed by atoms with van der Waals surface area (Å²) in [5, 5.41) is 27.7. The highest BCUT2D eigenvalue weighted by atomic mass is 16.5. The quantitative estimate of drug-likeness (QED) is 0.314. The van der Waals surface area contributed by atoms with Gasteiger partial charge >= 0.3 is 6.01 Å². The third-order valence-corrected chi connectivity index (χ3v) is 7.55. The van der Waals surface area contributed by atoms with Crippen LogP contribution in [0.15, 0.2) is 30.3 Å². The first-order valence-corrected chi connectivity index (χ1v) is 13.3. The van der Waals surface area contributed by atoms with Gasteiger partial charge in [0.15, 0.2) is 0 Å². The van der Waals surface area contributed by atoms with Crippen molar-refractivity contribution in [2.45, 2.75) is 115 Å². The second kappa shape index (κ2) is 10.1. The lowest BCUT2D eigenvalue weighted by Crippen LogP contribution is -2.61. The Morgan fingerprint density at radius 1 is 0.711 bits per heavy atom. The Hall–Kier alpha value is -2.73. The highest BCUT2D eigenvalue weighted by Gasteiger charge is 2.47. The highest BCUT2D eigenvalue weighted by molar-refractivity contribution is 5.48. The van der Waals surface area contributed by atoms with Crippen LogP contribution < -0.4 is 20.9 Å². The van der Waals surface area contributed by atoms with Crippen molar-refractivity contribution in [2.24, 2.45) is 0 Å². The van der Waals surface area contributed by atoms with Gasteiger partial charge in [-0.1, -0.05) is 18.2 Å². The lowest BCUT2D eigenvalue weighted by Gasteiger charge is -2.51. The smallest absolute Gasteiger partial charge is 0.323 e. The SMILES string of the molecule is CC1(C)CC(Nc2nc(NNc3ccccc3)nc(OC3CC(C)(C)N(O)C(C)(C)C3)n2)CC(C)(C)N1O. The first kappa shape index (κ1) is 28.3. The molecule has 4 rings (SSSR count). The fourth-order valence-corrected chi connectivity index (χ4v) is 6.15. The molecule has 11 nitrogen and oxygen atoms in total. The van der Waals surface area contributed by atoms with Crippen molar-refractivity contribution in [3.05, 3.63) is 30.3 Å².